The van der Waals surface area contributed by atoms with Crippen LogP contribution in [0.3, 0.4) is 0 Å². The van der Waals surface area contributed by atoms with Gasteiger partial charge in [-0.05, 0) is 13.0 Å². The quantitative estimate of drug-likeness (QED) is 0.537. The van der Waals surface area contributed by atoms with Gasteiger partial charge in [-0.1, -0.05) is 6.92 Å². The molecule has 4 heteroatoms. The number of hydrogen-bond donors (Lipinski definition) is 3. The average Bonchev–Trinajstić information content (AvgIpc) is 2.15. The summed E-state index contributed by atoms with van der Waals surface area (Å²) in [5, 5.41) is 9.82. The molecule has 3 N–H and O–H groups in total. The van der Waals surface area contributed by atoms with Crippen molar-refractivity contribution in [3.8, 4) is 0 Å². The minimum absolute atomic E-state index is 0.532. The van der Waals surface area contributed by atoms with Crippen LogP contribution in [-0.4, -0.2) is 38.7 Å². The van der Waals surface area contributed by atoms with E-state index in [1.54, 1.807) is 7.05 Å². The predicted molar refractivity (Wildman–Crippen MR) is 51.4 cm³/mol. The normalized spacial score (nSPS) is 26.5. The Hall–Kier alpha value is -0.770. The number of likely N-dealkylation sites (N-methyl/N-ethyl adjacent to an activating group) is 1. The first-order chi connectivity index (χ1) is 5.86. The summed E-state index contributed by atoms with van der Waals surface area (Å²) >= 11 is 0. The van der Waals surface area contributed by atoms with Gasteiger partial charge in [-0.2, -0.15) is 0 Å². The zero-order chi connectivity index (χ0) is 8.81. The maximum atomic E-state index is 4.07. The van der Waals surface area contributed by atoms with Crippen LogP contribution < -0.4 is 16.0 Å². The minimum atomic E-state index is 0.532. The number of hydrogen-bond acceptors (Lipinski definition) is 2. The van der Waals surface area contributed by atoms with Crippen molar-refractivity contribution in [2.24, 2.45) is 4.99 Å². The molecule has 70 valence electrons. The molecule has 1 heterocycles. The molecule has 0 bridgehead atoms. The van der Waals surface area contributed by atoms with Gasteiger partial charge < -0.3 is 16.0 Å². The van der Waals surface area contributed by atoms with Crippen LogP contribution >= 0.6 is 0 Å². The highest BCUT2D eigenvalue weighted by Gasteiger charge is 2.14. The zero-order valence-electron chi connectivity index (χ0n) is 7.85. The minimum Gasteiger partial charge on any atom is -0.356 e. The second-order valence-corrected chi connectivity index (χ2v) is 2.94. The lowest BCUT2D eigenvalue weighted by molar-refractivity contribution is 0.477. The summed E-state index contributed by atoms with van der Waals surface area (Å²) in [6, 6.07) is 0.532. The van der Waals surface area contributed by atoms with Crippen LogP contribution in [0.15, 0.2) is 4.99 Å². The van der Waals surface area contributed by atoms with Crippen molar-refractivity contribution in [3.05, 3.63) is 0 Å². The standard InChI is InChI=1S/C8H18N4/c1-3-10-6-7-4-5-11-8(9-2)12-7/h7,10H,3-6H2,1-2H3,(H2,9,11,12). The largest absolute Gasteiger partial charge is 0.356 e. The lowest BCUT2D eigenvalue weighted by atomic mass is 10.2. The second-order valence-electron chi connectivity index (χ2n) is 2.94. The first-order valence-corrected chi connectivity index (χ1v) is 4.54. The summed E-state index contributed by atoms with van der Waals surface area (Å²) in [6.45, 7) is 5.20. The van der Waals surface area contributed by atoms with E-state index in [4.69, 9.17) is 0 Å². The zero-order valence-corrected chi connectivity index (χ0v) is 7.85. The summed E-state index contributed by atoms with van der Waals surface area (Å²) < 4.78 is 0. The Balaban J connectivity index is 2.26. The van der Waals surface area contributed by atoms with E-state index in [1.807, 2.05) is 0 Å². The van der Waals surface area contributed by atoms with Gasteiger partial charge in [-0.15, -0.1) is 0 Å². The number of rotatable bonds is 3. The molecule has 0 aromatic carbocycles. The third kappa shape index (κ3) is 2.70. The predicted octanol–water partition coefficient (Wildman–Crippen LogP) is -0.467. The molecule has 1 aliphatic heterocycles. The highest BCUT2D eigenvalue weighted by Crippen LogP contribution is 1.94. The van der Waals surface area contributed by atoms with Crippen LogP contribution in [0.4, 0.5) is 0 Å². The summed E-state index contributed by atoms with van der Waals surface area (Å²) in [5.41, 5.74) is 0. The molecule has 1 rings (SSSR count). The monoisotopic (exact) mass is 170 g/mol. The van der Waals surface area contributed by atoms with Gasteiger partial charge >= 0.3 is 0 Å². The molecule has 1 aliphatic rings. The topological polar surface area (TPSA) is 48.5 Å². The second kappa shape index (κ2) is 4.98. The molecule has 0 aromatic heterocycles. The molecule has 1 saturated heterocycles. The molecule has 12 heavy (non-hydrogen) atoms. The number of nitrogens with one attached hydrogen (secondary N) is 3. The smallest absolute Gasteiger partial charge is 0.191 e. The maximum Gasteiger partial charge on any atom is 0.191 e. The first kappa shape index (κ1) is 9.32. The van der Waals surface area contributed by atoms with Crippen LogP contribution in [0, 0.1) is 0 Å². The Labute approximate surface area is 73.8 Å². The van der Waals surface area contributed by atoms with Crippen LogP contribution in [0.5, 0.6) is 0 Å². The Kier molecular flexibility index (Phi) is 3.87. The molecule has 0 aliphatic carbocycles. The Morgan fingerprint density at radius 1 is 1.67 bits per heavy atom. The number of guanidine groups is 1. The van der Waals surface area contributed by atoms with E-state index in [0.717, 1.165) is 32.0 Å². The third-order valence-electron chi connectivity index (χ3n) is 1.99. The molecule has 0 aromatic rings. The van der Waals surface area contributed by atoms with E-state index in [2.05, 4.69) is 27.9 Å². The summed E-state index contributed by atoms with van der Waals surface area (Å²) in [5.74, 6) is 0.921. The van der Waals surface area contributed by atoms with Crippen LogP contribution in [-0.2, 0) is 0 Å². The van der Waals surface area contributed by atoms with E-state index in [-0.39, 0.29) is 0 Å². The summed E-state index contributed by atoms with van der Waals surface area (Å²) in [6.07, 6.45) is 1.16. The SMILES string of the molecule is CCNCC1CCNC(=NC)N1. The van der Waals surface area contributed by atoms with Gasteiger partial charge in [-0.25, -0.2) is 0 Å². The number of nitrogens with zero attached hydrogens (tertiary/aromatic N) is 1. The van der Waals surface area contributed by atoms with Crippen molar-refractivity contribution in [1.29, 1.82) is 0 Å². The fraction of sp³-hybridized carbons (Fsp3) is 0.875. The lowest BCUT2D eigenvalue weighted by Gasteiger charge is -2.26. The molecule has 0 amide bonds. The van der Waals surface area contributed by atoms with Crippen molar-refractivity contribution in [3.63, 3.8) is 0 Å². The molecule has 1 fully saturated rings. The molecular formula is C8H18N4. The van der Waals surface area contributed by atoms with Crippen molar-refractivity contribution in [1.82, 2.24) is 16.0 Å². The van der Waals surface area contributed by atoms with Crippen molar-refractivity contribution in [2.75, 3.05) is 26.7 Å². The van der Waals surface area contributed by atoms with Gasteiger partial charge in [-0.3, -0.25) is 4.99 Å². The molecule has 1 unspecified atom stereocenters. The van der Waals surface area contributed by atoms with E-state index in [1.165, 1.54) is 0 Å². The van der Waals surface area contributed by atoms with Gasteiger partial charge in [0, 0.05) is 26.2 Å². The van der Waals surface area contributed by atoms with Crippen molar-refractivity contribution >= 4 is 5.96 Å². The van der Waals surface area contributed by atoms with Crippen LogP contribution in [0.2, 0.25) is 0 Å². The molecule has 0 spiro atoms. The van der Waals surface area contributed by atoms with Gasteiger partial charge in [0.1, 0.15) is 0 Å². The van der Waals surface area contributed by atoms with Crippen LogP contribution in [0.1, 0.15) is 13.3 Å². The van der Waals surface area contributed by atoms with Gasteiger partial charge in [0.2, 0.25) is 0 Å². The Morgan fingerprint density at radius 3 is 3.17 bits per heavy atom. The molecule has 1 atom stereocenters. The molecular weight excluding hydrogens is 152 g/mol. The summed E-state index contributed by atoms with van der Waals surface area (Å²) in [4.78, 5) is 4.07. The Morgan fingerprint density at radius 2 is 2.50 bits per heavy atom. The van der Waals surface area contributed by atoms with Gasteiger partial charge in [0.05, 0.1) is 0 Å². The maximum absolute atomic E-state index is 4.07. The van der Waals surface area contributed by atoms with Crippen LogP contribution in [0.25, 0.3) is 0 Å². The fourth-order valence-corrected chi connectivity index (χ4v) is 1.30. The van der Waals surface area contributed by atoms with E-state index >= 15 is 0 Å². The first-order valence-electron chi connectivity index (χ1n) is 4.54. The number of aliphatic imine (C=N–C) groups is 1. The van der Waals surface area contributed by atoms with Crippen molar-refractivity contribution < 1.29 is 0 Å². The highest BCUT2D eigenvalue weighted by molar-refractivity contribution is 5.80. The van der Waals surface area contributed by atoms with Crippen molar-refractivity contribution in [2.45, 2.75) is 19.4 Å². The molecule has 0 radical (unpaired) electrons. The molecule has 0 saturated carbocycles. The van der Waals surface area contributed by atoms with E-state index in [9.17, 15) is 0 Å². The fourth-order valence-electron chi connectivity index (χ4n) is 1.30. The van der Waals surface area contributed by atoms with E-state index in [0.29, 0.717) is 6.04 Å². The van der Waals surface area contributed by atoms with Gasteiger partial charge in [0.15, 0.2) is 5.96 Å². The van der Waals surface area contributed by atoms with Gasteiger partial charge in [0.25, 0.3) is 0 Å². The summed E-state index contributed by atoms with van der Waals surface area (Å²) in [7, 11) is 1.80. The van der Waals surface area contributed by atoms with E-state index < -0.39 is 0 Å². The molecule has 4 nitrogen and oxygen atoms in total. The third-order valence-corrected chi connectivity index (χ3v) is 1.99. The highest BCUT2D eigenvalue weighted by atomic mass is 15.2. The average molecular weight is 170 g/mol. The Bertz CT molecular complexity index is 155. The lowest BCUT2D eigenvalue weighted by Crippen LogP contribution is -2.53.